The summed E-state index contributed by atoms with van der Waals surface area (Å²) >= 11 is 0. The first-order valence-electron chi connectivity index (χ1n) is 8.86. The summed E-state index contributed by atoms with van der Waals surface area (Å²) in [7, 11) is 0. The maximum Gasteiger partial charge on any atom is 0.224 e. The first-order valence-corrected chi connectivity index (χ1v) is 8.86. The summed E-state index contributed by atoms with van der Waals surface area (Å²) < 4.78 is 24.5. The third kappa shape index (κ3) is 4.80. The summed E-state index contributed by atoms with van der Waals surface area (Å²) in [6.45, 7) is 4.55. The molecule has 0 saturated carbocycles. The Labute approximate surface area is 146 Å². The normalized spacial score (nSPS) is 17.3. The lowest BCUT2D eigenvalue weighted by Crippen LogP contribution is -2.27. The minimum absolute atomic E-state index is 0.0626. The second-order valence-corrected chi connectivity index (χ2v) is 6.51. The number of nitrogens with one attached hydrogen (secondary N) is 2. The summed E-state index contributed by atoms with van der Waals surface area (Å²) in [5, 5.41) is 3.67. The van der Waals surface area contributed by atoms with Gasteiger partial charge in [0.05, 0.1) is 19.1 Å². The maximum absolute atomic E-state index is 13.5. The molecule has 3 rings (SSSR count). The predicted octanol–water partition coefficient (Wildman–Crippen LogP) is 2.86. The van der Waals surface area contributed by atoms with Crippen molar-refractivity contribution in [2.45, 2.75) is 38.7 Å². The molecule has 6 heteroatoms. The molecule has 0 aliphatic carbocycles. The highest BCUT2D eigenvalue weighted by Gasteiger charge is 2.15. The summed E-state index contributed by atoms with van der Waals surface area (Å²) in [5.74, 6) is -0.357. The first kappa shape index (κ1) is 17.9. The van der Waals surface area contributed by atoms with E-state index in [9.17, 15) is 9.18 Å². The molecule has 136 valence electrons. The van der Waals surface area contributed by atoms with E-state index >= 15 is 0 Å². The van der Waals surface area contributed by atoms with Gasteiger partial charge in [-0.2, -0.15) is 0 Å². The average molecular weight is 348 g/mol. The topological polar surface area (TPSA) is 63.4 Å². The van der Waals surface area contributed by atoms with E-state index < -0.39 is 0 Å². The molecule has 1 saturated heterocycles. The number of halogens is 1. The number of carbonyl (C=O) groups excluding carboxylic acids is 1. The summed E-state index contributed by atoms with van der Waals surface area (Å²) in [6, 6.07) is 4.59. The summed E-state index contributed by atoms with van der Waals surface area (Å²) in [6.07, 6.45) is 3.42. The molecular weight excluding hydrogens is 323 g/mol. The lowest BCUT2D eigenvalue weighted by Gasteiger charge is -2.10. The van der Waals surface area contributed by atoms with Gasteiger partial charge in [0.1, 0.15) is 5.82 Å². The Morgan fingerprint density at radius 2 is 2.36 bits per heavy atom. The van der Waals surface area contributed by atoms with Crippen molar-refractivity contribution in [3.8, 4) is 0 Å². The third-order valence-corrected chi connectivity index (χ3v) is 4.53. The number of carbonyl (C=O) groups is 1. The fourth-order valence-electron chi connectivity index (χ4n) is 3.20. The van der Waals surface area contributed by atoms with Gasteiger partial charge < -0.3 is 19.8 Å². The molecule has 1 aliphatic rings. The Morgan fingerprint density at radius 1 is 1.48 bits per heavy atom. The van der Waals surface area contributed by atoms with E-state index in [1.165, 1.54) is 12.1 Å². The summed E-state index contributed by atoms with van der Waals surface area (Å²) in [5.41, 5.74) is 2.60. The zero-order chi connectivity index (χ0) is 17.6. The van der Waals surface area contributed by atoms with Crippen LogP contribution in [0.15, 0.2) is 18.2 Å². The van der Waals surface area contributed by atoms with E-state index in [-0.39, 0.29) is 24.2 Å². The fourth-order valence-corrected chi connectivity index (χ4v) is 3.20. The van der Waals surface area contributed by atoms with Crippen LogP contribution < -0.4 is 5.32 Å². The van der Waals surface area contributed by atoms with Gasteiger partial charge in [0.25, 0.3) is 0 Å². The number of ether oxygens (including phenoxy) is 2. The first-order chi connectivity index (χ1) is 12.1. The highest BCUT2D eigenvalue weighted by molar-refractivity contribution is 5.90. The zero-order valence-corrected chi connectivity index (χ0v) is 14.6. The molecule has 0 radical (unpaired) electrons. The second kappa shape index (κ2) is 8.45. The molecule has 5 nitrogen and oxygen atoms in total. The smallest absolute Gasteiger partial charge is 0.224 e. The van der Waals surface area contributed by atoms with Gasteiger partial charge in [-0.1, -0.05) is 0 Å². The molecule has 1 unspecified atom stereocenters. The van der Waals surface area contributed by atoms with E-state index in [0.717, 1.165) is 48.0 Å². The predicted molar refractivity (Wildman–Crippen MR) is 94.1 cm³/mol. The number of rotatable bonds is 8. The van der Waals surface area contributed by atoms with Gasteiger partial charge in [-0.15, -0.1) is 0 Å². The standard InChI is InChI=1S/C19H25FN2O3/c1-13-16(17-10-14(20)5-6-18(17)22-13)11-19(23)21-7-3-8-24-12-15-4-2-9-25-15/h5-6,10,15,22H,2-4,7-9,11-12H2,1H3,(H,21,23). The van der Waals surface area contributed by atoms with E-state index in [4.69, 9.17) is 9.47 Å². The molecule has 2 heterocycles. The van der Waals surface area contributed by atoms with Gasteiger partial charge in [-0.25, -0.2) is 4.39 Å². The largest absolute Gasteiger partial charge is 0.379 e. The maximum atomic E-state index is 13.5. The molecular formula is C19H25FN2O3. The van der Waals surface area contributed by atoms with E-state index in [1.54, 1.807) is 6.07 Å². The van der Waals surface area contributed by atoms with Gasteiger partial charge in [0.2, 0.25) is 5.91 Å². The number of aryl methyl sites for hydroxylation is 1. The molecule has 1 atom stereocenters. The van der Waals surface area contributed by atoms with E-state index in [1.807, 2.05) is 6.92 Å². The van der Waals surface area contributed by atoms with Crippen LogP contribution in [0.4, 0.5) is 4.39 Å². The van der Waals surface area contributed by atoms with Crippen molar-refractivity contribution in [3.05, 3.63) is 35.3 Å². The number of amides is 1. The molecule has 1 amide bonds. The number of hydrogen-bond acceptors (Lipinski definition) is 3. The van der Waals surface area contributed by atoms with Crippen molar-refractivity contribution in [2.24, 2.45) is 0 Å². The highest BCUT2D eigenvalue weighted by Crippen LogP contribution is 2.23. The monoisotopic (exact) mass is 348 g/mol. The van der Waals surface area contributed by atoms with Gasteiger partial charge in [0.15, 0.2) is 0 Å². The van der Waals surface area contributed by atoms with Crippen molar-refractivity contribution in [2.75, 3.05) is 26.4 Å². The minimum Gasteiger partial charge on any atom is -0.379 e. The third-order valence-electron chi connectivity index (χ3n) is 4.53. The lowest BCUT2D eigenvalue weighted by molar-refractivity contribution is -0.120. The molecule has 25 heavy (non-hydrogen) atoms. The van der Waals surface area contributed by atoms with Crippen LogP contribution in [0.1, 0.15) is 30.5 Å². The number of aromatic amines is 1. The number of hydrogen-bond donors (Lipinski definition) is 2. The van der Waals surface area contributed by atoms with Gasteiger partial charge in [-0.05, 0) is 49.9 Å². The van der Waals surface area contributed by atoms with Crippen LogP contribution in [0, 0.1) is 12.7 Å². The summed E-state index contributed by atoms with van der Waals surface area (Å²) in [4.78, 5) is 15.3. The number of aromatic nitrogens is 1. The van der Waals surface area contributed by atoms with Crippen LogP contribution >= 0.6 is 0 Å². The van der Waals surface area contributed by atoms with Crippen molar-refractivity contribution in [1.82, 2.24) is 10.3 Å². The van der Waals surface area contributed by atoms with Crippen LogP contribution in [0.25, 0.3) is 10.9 Å². The molecule has 1 aliphatic heterocycles. The number of benzene rings is 1. The number of H-pyrrole nitrogens is 1. The Hall–Kier alpha value is -1.92. The fraction of sp³-hybridized carbons (Fsp3) is 0.526. The Balaban J connectivity index is 1.40. The molecule has 2 N–H and O–H groups in total. The second-order valence-electron chi connectivity index (χ2n) is 6.51. The molecule has 1 fully saturated rings. The molecule has 2 aromatic rings. The van der Waals surface area contributed by atoms with Crippen LogP contribution in [0.2, 0.25) is 0 Å². The van der Waals surface area contributed by atoms with Gasteiger partial charge >= 0.3 is 0 Å². The van der Waals surface area contributed by atoms with Crippen LogP contribution in [-0.4, -0.2) is 43.4 Å². The van der Waals surface area contributed by atoms with Crippen molar-refractivity contribution in [3.63, 3.8) is 0 Å². The van der Waals surface area contributed by atoms with Crippen LogP contribution in [-0.2, 0) is 20.7 Å². The Kier molecular flexibility index (Phi) is 6.04. The Bertz CT molecular complexity index is 723. The average Bonchev–Trinajstić information content (AvgIpc) is 3.20. The molecule has 1 aromatic carbocycles. The van der Waals surface area contributed by atoms with Gasteiger partial charge in [-0.3, -0.25) is 4.79 Å². The van der Waals surface area contributed by atoms with Gasteiger partial charge in [0, 0.05) is 36.4 Å². The lowest BCUT2D eigenvalue weighted by atomic mass is 10.1. The number of fused-ring (bicyclic) bond motifs is 1. The van der Waals surface area contributed by atoms with Crippen LogP contribution in [0.3, 0.4) is 0 Å². The SMILES string of the molecule is Cc1[nH]c2ccc(F)cc2c1CC(=O)NCCCOCC1CCCO1. The molecule has 0 spiro atoms. The van der Waals surface area contributed by atoms with Crippen LogP contribution in [0.5, 0.6) is 0 Å². The highest BCUT2D eigenvalue weighted by atomic mass is 19.1. The van der Waals surface area contributed by atoms with Crippen molar-refractivity contribution in [1.29, 1.82) is 0 Å². The van der Waals surface area contributed by atoms with Crippen molar-refractivity contribution < 1.29 is 18.7 Å². The van der Waals surface area contributed by atoms with Crippen molar-refractivity contribution >= 4 is 16.8 Å². The van der Waals surface area contributed by atoms with E-state index in [2.05, 4.69) is 10.3 Å². The Morgan fingerprint density at radius 3 is 3.16 bits per heavy atom. The zero-order valence-electron chi connectivity index (χ0n) is 14.6. The quantitative estimate of drug-likeness (QED) is 0.721. The molecule has 1 aromatic heterocycles. The minimum atomic E-state index is -0.295. The van der Waals surface area contributed by atoms with E-state index in [0.29, 0.717) is 19.8 Å². The molecule has 0 bridgehead atoms.